The molecule has 2 rings (SSSR count). The molecule has 0 amide bonds. The molecule has 116 valence electrons. The topological polar surface area (TPSA) is 42.5 Å². The number of rotatable bonds is 5. The average molecular weight is 337 g/mol. The number of nitrogens with one attached hydrogen (secondary N) is 2. The Balaban J connectivity index is 1.88. The van der Waals surface area contributed by atoms with Crippen LogP contribution in [0.25, 0.3) is 0 Å². The van der Waals surface area contributed by atoms with Crippen LogP contribution in [0.4, 0.5) is 5.69 Å². The summed E-state index contributed by atoms with van der Waals surface area (Å²) in [6, 6.07) is 13.2. The van der Waals surface area contributed by atoms with E-state index in [0.29, 0.717) is 22.4 Å². The molecule has 0 aromatic heterocycles. The zero-order valence-corrected chi connectivity index (χ0v) is 13.9. The number of hydrogen-bond donors (Lipinski definition) is 2. The van der Waals surface area contributed by atoms with Crippen LogP contribution in [0.5, 0.6) is 11.5 Å². The van der Waals surface area contributed by atoms with Crippen molar-refractivity contribution in [2.75, 3.05) is 19.5 Å². The summed E-state index contributed by atoms with van der Waals surface area (Å²) in [5.41, 5.74) is 1.91. The predicted molar refractivity (Wildman–Crippen MR) is 94.1 cm³/mol. The summed E-state index contributed by atoms with van der Waals surface area (Å²) in [6.45, 7) is 0.625. The summed E-state index contributed by atoms with van der Waals surface area (Å²) >= 11 is 11.3. The van der Waals surface area contributed by atoms with Gasteiger partial charge >= 0.3 is 0 Å². The van der Waals surface area contributed by atoms with Crippen molar-refractivity contribution >= 4 is 34.6 Å². The molecule has 0 saturated heterocycles. The summed E-state index contributed by atoms with van der Waals surface area (Å²) in [4.78, 5) is 0. The number of thiocarbonyl (C=S) groups is 1. The van der Waals surface area contributed by atoms with Crippen LogP contribution in [-0.4, -0.2) is 19.3 Å². The molecule has 0 heterocycles. The van der Waals surface area contributed by atoms with Crippen LogP contribution >= 0.6 is 23.8 Å². The fraction of sp³-hybridized carbons (Fsp3) is 0.188. The highest BCUT2D eigenvalue weighted by atomic mass is 35.5. The van der Waals surface area contributed by atoms with Gasteiger partial charge in [0.2, 0.25) is 0 Å². The largest absolute Gasteiger partial charge is 0.497 e. The number of anilines is 1. The Kier molecular flexibility index (Phi) is 5.86. The Hall–Kier alpha value is -1.98. The minimum absolute atomic E-state index is 0.525. The van der Waals surface area contributed by atoms with Gasteiger partial charge in [-0.3, -0.25) is 0 Å². The van der Waals surface area contributed by atoms with E-state index in [2.05, 4.69) is 10.6 Å². The average Bonchev–Trinajstić information content (AvgIpc) is 2.53. The van der Waals surface area contributed by atoms with Crippen LogP contribution in [0, 0.1) is 0 Å². The number of ether oxygens (including phenoxy) is 2. The molecule has 4 nitrogen and oxygen atoms in total. The second-order valence-electron chi connectivity index (χ2n) is 4.51. The second-order valence-corrected chi connectivity index (χ2v) is 5.32. The summed E-state index contributed by atoms with van der Waals surface area (Å²) in [7, 11) is 3.22. The quantitative estimate of drug-likeness (QED) is 0.812. The molecule has 2 aromatic rings. The van der Waals surface area contributed by atoms with E-state index in [4.69, 9.17) is 33.3 Å². The first kappa shape index (κ1) is 16.4. The number of benzene rings is 2. The molecule has 2 N–H and O–H groups in total. The van der Waals surface area contributed by atoms with Crippen molar-refractivity contribution in [1.29, 1.82) is 0 Å². The van der Waals surface area contributed by atoms with Gasteiger partial charge in [-0.2, -0.15) is 0 Å². The van der Waals surface area contributed by atoms with Gasteiger partial charge in [0.25, 0.3) is 0 Å². The van der Waals surface area contributed by atoms with E-state index in [1.165, 1.54) is 0 Å². The fourth-order valence-corrected chi connectivity index (χ4v) is 2.29. The van der Waals surface area contributed by atoms with Gasteiger partial charge in [-0.05, 0) is 48.1 Å². The lowest BCUT2D eigenvalue weighted by atomic mass is 10.2. The van der Waals surface area contributed by atoms with Crippen molar-refractivity contribution in [2.24, 2.45) is 0 Å². The molecule has 0 aliphatic carbocycles. The van der Waals surface area contributed by atoms with Crippen molar-refractivity contribution in [3.8, 4) is 11.5 Å². The molecule has 22 heavy (non-hydrogen) atoms. The first-order chi connectivity index (χ1) is 10.6. The molecule has 0 spiro atoms. The summed E-state index contributed by atoms with van der Waals surface area (Å²) in [5, 5.41) is 7.28. The molecule has 2 aromatic carbocycles. The Morgan fingerprint density at radius 2 is 1.82 bits per heavy atom. The summed E-state index contributed by atoms with van der Waals surface area (Å²) < 4.78 is 10.2. The minimum atomic E-state index is 0.525. The zero-order chi connectivity index (χ0) is 15.9. The van der Waals surface area contributed by atoms with Crippen LogP contribution in [-0.2, 0) is 6.54 Å². The Labute approximate surface area is 140 Å². The van der Waals surface area contributed by atoms with Crippen molar-refractivity contribution < 1.29 is 9.47 Å². The van der Waals surface area contributed by atoms with E-state index in [1.54, 1.807) is 26.4 Å². The molecule has 0 aliphatic heterocycles. The molecule has 6 heteroatoms. The van der Waals surface area contributed by atoms with Gasteiger partial charge in [0.15, 0.2) is 5.11 Å². The van der Waals surface area contributed by atoms with Gasteiger partial charge in [-0.25, -0.2) is 0 Å². The number of halogens is 1. The van der Waals surface area contributed by atoms with E-state index in [0.717, 1.165) is 17.0 Å². The summed E-state index contributed by atoms with van der Waals surface area (Å²) in [5.74, 6) is 1.46. The van der Waals surface area contributed by atoms with E-state index in [-0.39, 0.29) is 0 Å². The minimum Gasteiger partial charge on any atom is -0.497 e. The Morgan fingerprint density at radius 1 is 1.09 bits per heavy atom. The standard InChI is InChI=1S/C16H17ClN2O2S/c1-20-13-6-3-11(4-7-13)10-18-16(22)19-12-5-8-15(21-2)14(17)9-12/h3-9H,10H2,1-2H3,(H2,18,19,22). The smallest absolute Gasteiger partial charge is 0.171 e. The van der Waals surface area contributed by atoms with E-state index in [9.17, 15) is 0 Å². The highest BCUT2D eigenvalue weighted by Gasteiger charge is 2.03. The van der Waals surface area contributed by atoms with Crippen molar-refractivity contribution in [2.45, 2.75) is 6.54 Å². The van der Waals surface area contributed by atoms with Gasteiger partial charge in [0, 0.05) is 12.2 Å². The van der Waals surface area contributed by atoms with Crippen LogP contribution in [0.1, 0.15) is 5.56 Å². The second kappa shape index (κ2) is 7.87. The van der Waals surface area contributed by atoms with Gasteiger partial charge in [-0.15, -0.1) is 0 Å². The van der Waals surface area contributed by atoms with Crippen LogP contribution in [0.3, 0.4) is 0 Å². The van der Waals surface area contributed by atoms with E-state index < -0.39 is 0 Å². The molecular weight excluding hydrogens is 320 g/mol. The molecule has 0 atom stereocenters. The molecular formula is C16H17ClN2O2S. The maximum atomic E-state index is 6.07. The van der Waals surface area contributed by atoms with Gasteiger partial charge < -0.3 is 20.1 Å². The van der Waals surface area contributed by atoms with Crippen molar-refractivity contribution in [3.05, 3.63) is 53.1 Å². The van der Waals surface area contributed by atoms with Crippen molar-refractivity contribution in [3.63, 3.8) is 0 Å². The Morgan fingerprint density at radius 3 is 2.41 bits per heavy atom. The first-order valence-electron chi connectivity index (χ1n) is 6.63. The summed E-state index contributed by atoms with van der Waals surface area (Å²) in [6.07, 6.45) is 0. The number of hydrogen-bond acceptors (Lipinski definition) is 3. The molecule has 0 unspecified atom stereocenters. The van der Waals surface area contributed by atoms with Crippen LogP contribution in [0.2, 0.25) is 5.02 Å². The lowest BCUT2D eigenvalue weighted by molar-refractivity contribution is 0.414. The normalized spacial score (nSPS) is 9.95. The van der Waals surface area contributed by atoms with Gasteiger partial charge in [0.1, 0.15) is 11.5 Å². The fourth-order valence-electron chi connectivity index (χ4n) is 1.85. The monoisotopic (exact) mass is 336 g/mol. The molecule has 0 fully saturated rings. The maximum Gasteiger partial charge on any atom is 0.171 e. The first-order valence-corrected chi connectivity index (χ1v) is 7.42. The zero-order valence-electron chi connectivity index (χ0n) is 12.4. The molecule has 0 aliphatic rings. The third kappa shape index (κ3) is 4.51. The maximum absolute atomic E-state index is 6.07. The van der Waals surface area contributed by atoms with Crippen LogP contribution < -0.4 is 20.1 Å². The third-order valence-corrected chi connectivity index (χ3v) is 3.56. The van der Waals surface area contributed by atoms with Crippen LogP contribution in [0.15, 0.2) is 42.5 Å². The molecule has 0 saturated carbocycles. The third-order valence-electron chi connectivity index (χ3n) is 3.02. The van der Waals surface area contributed by atoms with E-state index in [1.807, 2.05) is 30.3 Å². The lowest BCUT2D eigenvalue weighted by Gasteiger charge is -2.12. The predicted octanol–water partition coefficient (Wildman–Crippen LogP) is 3.84. The lowest BCUT2D eigenvalue weighted by Crippen LogP contribution is -2.27. The number of methoxy groups -OCH3 is 2. The highest BCUT2D eigenvalue weighted by molar-refractivity contribution is 7.80. The van der Waals surface area contributed by atoms with Gasteiger partial charge in [-0.1, -0.05) is 23.7 Å². The van der Waals surface area contributed by atoms with Gasteiger partial charge in [0.05, 0.1) is 19.2 Å². The highest BCUT2D eigenvalue weighted by Crippen LogP contribution is 2.27. The SMILES string of the molecule is COc1ccc(CNC(=S)Nc2ccc(OC)c(Cl)c2)cc1. The Bertz CT molecular complexity index is 647. The molecule has 0 radical (unpaired) electrons. The van der Waals surface area contributed by atoms with Crippen molar-refractivity contribution in [1.82, 2.24) is 5.32 Å². The van der Waals surface area contributed by atoms with E-state index >= 15 is 0 Å². The molecule has 0 bridgehead atoms.